The van der Waals surface area contributed by atoms with Crippen molar-refractivity contribution in [1.29, 1.82) is 0 Å². The van der Waals surface area contributed by atoms with Crippen LogP contribution in [0.2, 0.25) is 0 Å². The standard InChI is InChI=1S/C29H25F3N2O5/c1-38-21-13-11-18(12-14-21)24-22-23(28(33-24,27(37)39-2)16-17-7-4-3-5-8-17)26(36)34(25(22)35)20-10-6-9-19(15-20)29(30,31)32/h3-15,22-24,33H,16H2,1-2H3/t22-,23+,24+,28+/m1/s1. The maximum Gasteiger partial charge on any atom is 0.416 e. The number of nitrogens with one attached hydrogen (secondary N) is 1. The number of amides is 2. The molecule has 0 bridgehead atoms. The molecular weight excluding hydrogens is 513 g/mol. The topological polar surface area (TPSA) is 84.9 Å². The molecule has 0 aliphatic carbocycles. The first-order valence-electron chi connectivity index (χ1n) is 12.2. The van der Waals surface area contributed by atoms with Crippen LogP contribution in [-0.2, 0) is 31.7 Å². The van der Waals surface area contributed by atoms with Crippen LogP contribution in [0.15, 0.2) is 78.9 Å². The Morgan fingerprint density at radius 3 is 2.26 bits per heavy atom. The molecule has 10 heteroatoms. The molecule has 3 aromatic rings. The van der Waals surface area contributed by atoms with E-state index in [9.17, 15) is 27.6 Å². The van der Waals surface area contributed by atoms with E-state index in [-0.39, 0.29) is 12.1 Å². The average molecular weight is 539 g/mol. The fraction of sp³-hybridized carbons (Fsp3) is 0.276. The van der Waals surface area contributed by atoms with Gasteiger partial charge in [-0.05, 0) is 41.5 Å². The number of rotatable bonds is 6. The lowest BCUT2D eigenvalue weighted by Gasteiger charge is -2.32. The van der Waals surface area contributed by atoms with E-state index in [0.29, 0.717) is 16.9 Å². The highest BCUT2D eigenvalue weighted by molar-refractivity contribution is 6.24. The molecule has 7 nitrogen and oxygen atoms in total. The van der Waals surface area contributed by atoms with Gasteiger partial charge >= 0.3 is 12.1 Å². The normalized spacial score (nSPS) is 24.5. The van der Waals surface area contributed by atoms with Crippen LogP contribution < -0.4 is 15.0 Å². The number of ether oxygens (including phenoxy) is 2. The Morgan fingerprint density at radius 2 is 1.64 bits per heavy atom. The number of imide groups is 1. The molecule has 202 valence electrons. The third-order valence-corrected chi connectivity index (χ3v) is 7.44. The van der Waals surface area contributed by atoms with Gasteiger partial charge in [-0.3, -0.25) is 19.7 Å². The van der Waals surface area contributed by atoms with Gasteiger partial charge in [-0.15, -0.1) is 0 Å². The van der Waals surface area contributed by atoms with Crippen LogP contribution in [0.1, 0.15) is 22.7 Å². The van der Waals surface area contributed by atoms with Crippen LogP contribution in [0.4, 0.5) is 18.9 Å². The molecule has 0 saturated carbocycles. The zero-order valence-electron chi connectivity index (χ0n) is 21.1. The number of carbonyl (C=O) groups excluding carboxylic acids is 3. The lowest BCUT2D eigenvalue weighted by atomic mass is 9.76. The minimum absolute atomic E-state index is 0.0176. The molecule has 3 aromatic carbocycles. The minimum Gasteiger partial charge on any atom is -0.497 e. The summed E-state index contributed by atoms with van der Waals surface area (Å²) in [5, 5.41) is 3.26. The highest BCUT2D eigenvalue weighted by Gasteiger charge is 2.69. The smallest absolute Gasteiger partial charge is 0.416 e. The van der Waals surface area contributed by atoms with Crippen molar-refractivity contribution < 1.29 is 37.0 Å². The second kappa shape index (κ2) is 9.85. The van der Waals surface area contributed by atoms with Crippen LogP contribution in [0, 0.1) is 11.8 Å². The number of benzene rings is 3. The Balaban J connectivity index is 1.66. The molecule has 0 unspecified atom stereocenters. The molecule has 4 atom stereocenters. The summed E-state index contributed by atoms with van der Waals surface area (Å²) >= 11 is 0. The largest absolute Gasteiger partial charge is 0.497 e. The first-order chi connectivity index (χ1) is 18.6. The first kappa shape index (κ1) is 26.4. The van der Waals surface area contributed by atoms with Crippen molar-refractivity contribution in [3.8, 4) is 5.75 Å². The van der Waals surface area contributed by atoms with E-state index < -0.39 is 52.9 Å². The van der Waals surface area contributed by atoms with Crippen molar-refractivity contribution in [2.75, 3.05) is 19.1 Å². The molecule has 2 aliphatic rings. The van der Waals surface area contributed by atoms with Gasteiger partial charge < -0.3 is 9.47 Å². The van der Waals surface area contributed by atoms with E-state index in [1.807, 2.05) is 0 Å². The van der Waals surface area contributed by atoms with Crippen molar-refractivity contribution in [1.82, 2.24) is 5.32 Å². The van der Waals surface area contributed by atoms with Gasteiger partial charge in [0.05, 0.1) is 37.3 Å². The highest BCUT2D eigenvalue weighted by atomic mass is 19.4. The number of methoxy groups -OCH3 is 2. The molecule has 0 radical (unpaired) electrons. The number of carbonyl (C=O) groups is 3. The summed E-state index contributed by atoms with van der Waals surface area (Å²) in [4.78, 5) is 42.2. The summed E-state index contributed by atoms with van der Waals surface area (Å²) in [6.07, 6.45) is -4.66. The summed E-state index contributed by atoms with van der Waals surface area (Å²) in [6, 6.07) is 19.0. The summed E-state index contributed by atoms with van der Waals surface area (Å²) in [7, 11) is 2.70. The van der Waals surface area contributed by atoms with Gasteiger partial charge in [-0.25, -0.2) is 4.90 Å². The Labute approximate surface area is 222 Å². The number of fused-ring (bicyclic) bond motifs is 1. The van der Waals surface area contributed by atoms with Gasteiger partial charge in [0.1, 0.15) is 11.3 Å². The Morgan fingerprint density at radius 1 is 0.949 bits per heavy atom. The van der Waals surface area contributed by atoms with Crippen molar-refractivity contribution in [2.45, 2.75) is 24.2 Å². The van der Waals surface area contributed by atoms with Crippen LogP contribution in [-0.4, -0.2) is 37.5 Å². The number of hydrogen-bond acceptors (Lipinski definition) is 6. The fourth-order valence-electron chi connectivity index (χ4n) is 5.70. The molecular formula is C29H25F3N2O5. The van der Waals surface area contributed by atoms with E-state index in [0.717, 1.165) is 23.1 Å². The van der Waals surface area contributed by atoms with Crippen LogP contribution in [0.5, 0.6) is 5.75 Å². The molecule has 39 heavy (non-hydrogen) atoms. The Bertz CT molecular complexity index is 1410. The molecule has 2 heterocycles. The molecule has 0 spiro atoms. The number of esters is 1. The number of alkyl halides is 3. The van der Waals surface area contributed by atoms with Crippen molar-refractivity contribution >= 4 is 23.5 Å². The summed E-state index contributed by atoms with van der Waals surface area (Å²) in [5.74, 6) is -3.96. The number of nitrogens with zero attached hydrogens (tertiary/aromatic N) is 1. The maximum absolute atomic E-state index is 14.0. The summed E-state index contributed by atoms with van der Waals surface area (Å²) in [5.41, 5.74) is -1.54. The fourth-order valence-corrected chi connectivity index (χ4v) is 5.70. The van der Waals surface area contributed by atoms with Crippen LogP contribution in [0.25, 0.3) is 0 Å². The predicted octanol–water partition coefficient (Wildman–Crippen LogP) is 4.32. The van der Waals surface area contributed by atoms with Crippen LogP contribution >= 0.6 is 0 Å². The predicted molar refractivity (Wildman–Crippen MR) is 135 cm³/mol. The lowest BCUT2D eigenvalue weighted by Crippen LogP contribution is -2.57. The monoisotopic (exact) mass is 538 g/mol. The zero-order valence-corrected chi connectivity index (χ0v) is 21.1. The molecule has 1 N–H and O–H groups in total. The van der Waals surface area contributed by atoms with Gasteiger partial charge in [0, 0.05) is 12.5 Å². The van der Waals surface area contributed by atoms with E-state index >= 15 is 0 Å². The second-order valence-corrected chi connectivity index (χ2v) is 9.58. The van der Waals surface area contributed by atoms with Crippen LogP contribution in [0.3, 0.4) is 0 Å². The second-order valence-electron chi connectivity index (χ2n) is 9.58. The summed E-state index contributed by atoms with van der Waals surface area (Å²) < 4.78 is 50.8. The lowest BCUT2D eigenvalue weighted by molar-refractivity contribution is -0.152. The van der Waals surface area contributed by atoms with E-state index in [2.05, 4.69) is 5.32 Å². The van der Waals surface area contributed by atoms with E-state index in [1.54, 1.807) is 54.6 Å². The van der Waals surface area contributed by atoms with E-state index in [4.69, 9.17) is 9.47 Å². The molecule has 2 amide bonds. The Kier molecular flexibility index (Phi) is 6.67. The first-order valence-corrected chi connectivity index (χ1v) is 12.2. The van der Waals surface area contributed by atoms with Gasteiger partial charge in [0.15, 0.2) is 0 Å². The third kappa shape index (κ3) is 4.44. The molecule has 5 rings (SSSR count). The zero-order chi connectivity index (χ0) is 27.9. The number of halogens is 3. The van der Waals surface area contributed by atoms with Gasteiger partial charge in [0.25, 0.3) is 0 Å². The van der Waals surface area contributed by atoms with Crippen molar-refractivity contribution in [2.24, 2.45) is 11.8 Å². The molecule has 2 aliphatic heterocycles. The number of anilines is 1. The maximum atomic E-state index is 14.0. The SMILES string of the molecule is COC(=O)[C@@]1(Cc2ccccc2)N[C@@H](c2ccc(OC)cc2)[C@@H]2C(=O)N(c3cccc(C(F)(F)F)c3)C(=O)[C@H]21. The third-order valence-electron chi connectivity index (χ3n) is 7.44. The minimum atomic E-state index is -4.67. The highest BCUT2D eigenvalue weighted by Crippen LogP contribution is 2.51. The Hall–Kier alpha value is -4.18. The molecule has 2 fully saturated rings. The van der Waals surface area contributed by atoms with Gasteiger partial charge in [0.2, 0.25) is 11.8 Å². The van der Waals surface area contributed by atoms with Crippen molar-refractivity contribution in [3.63, 3.8) is 0 Å². The van der Waals surface area contributed by atoms with Crippen molar-refractivity contribution in [3.05, 3.63) is 95.6 Å². The van der Waals surface area contributed by atoms with E-state index in [1.165, 1.54) is 20.3 Å². The summed E-state index contributed by atoms with van der Waals surface area (Å²) in [6.45, 7) is 0. The quantitative estimate of drug-likeness (QED) is 0.372. The van der Waals surface area contributed by atoms with Gasteiger partial charge in [-0.1, -0.05) is 48.5 Å². The molecule has 0 aromatic heterocycles. The van der Waals surface area contributed by atoms with Gasteiger partial charge in [-0.2, -0.15) is 13.2 Å². The number of hydrogen-bond donors (Lipinski definition) is 1. The molecule has 2 saturated heterocycles. The average Bonchev–Trinajstić information content (AvgIpc) is 3.42.